The number of likely N-dealkylation sites (tertiary alicyclic amines) is 1. The van der Waals surface area contributed by atoms with E-state index >= 15 is 0 Å². The first-order chi connectivity index (χ1) is 12.5. The van der Waals surface area contributed by atoms with Gasteiger partial charge in [-0.05, 0) is 38.1 Å². The van der Waals surface area contributed by atoms with Gasteiger partial charge in [0, 0.05) is 12.0 Å². The lowest BCUT2D eigenvalue weighted by atomic mass is 9.95. The second-order valence-electron chi connectivity index (χ2n) is 6.54. The number of rotatable bonds is 5. The molecule has 0 saturated carbocycles. The second kappa shape index (κ2) is 7.33. The van der Waals surface area contributed by atoms with Crippen molar-refractivity contribution in [2.24, 2.45) is 11.7 Å². The van der Waals surface area contributed by atoms with Crippen LogP contribution in [0.1, 0.15) is 19.3 Å². The van der Waals surface area contributed by atoms with Crippen LogP contribution in [0.2, 0.25) is 0 Å². The summed E-state index contributed by atoms with van der Waals surface area (Å²) in [5.74, 6) is -0.00954. The predicted molar refractivity (Wildman–Crippen MR) is 93.9 cm³/mol. The number of ether oxygens (including phenoxy) is 2. The van der Waals surface area contributed by atoms with Gasteiger partial charge in [0.25, 0.3) is 5.91 Å². The highest BCUT2D eigenvalue weighted by Crippen LogP contribution is 2.36. The van der Waals surface area contributed by atoms with E-state index in [2.05, 4.69) is 0 Å². The molecule has 2 saturated heterocycles. The summed E-state index contributed by atoms with van der Waals surface area (Å²) < 4.78 is 10.5. The van der Waals surface area contributed by atoms with Crippen molar-refractivity contribution in [1.29, 1.82) is 0 Å². The average Bonchev–Trinajstić information content (AvgIpc) is 2.95. The molecular formula is C18H23N3O5. The summed E-state index contributed by atoms with van der Waals surface area (Å²) in [5, 5.41) is 0. The fourth-order valence-electron chi connectivity index (χ4n) is 3.62. The Kier molecular flexibility index (Phi) is 5.13. The zero-order valence-corrected chi connectivity index (χ0v) is 14.9. The van der Waals surface area contributed by atoms with Crippen molar-refractivity contribution in [3.63, 3.8) is 0 Å². The Hall–Kier alpha value is -2.61. The van der Waals surface area contributed by atoms with E-state index in [0.29, 0.717) is 43.1 Å². The first-order valence-corrected chi connectivity index (χ1v) is 8.58. The molecule has 0 aliphatic carbocycles. The average molecular weight is 361 g/mol. The van der Waals surface area contributed by atoms with E-state index < -0.39 is 6.04 Å². The standard InChI is InChI=1S/C18H23N3O5/c1-25-12-3-4-13(15(9-12)26-2)21-16(22)10-14(18(21)24)20-7-5-11(6-8-20)17(19)23/h3-4,9,11,14H,5-8,10H2,1-2H3,(H2,19,23)/t14-/m0/s1. The highest BCUT2D eigenvalue weighted by Gasteiger charge is 2.44. The Balaban J connectivity index is 1.79. The normalized spacial score (nSPS) is 21.9. The quantitative estimate of drug-likeness (QED) is 0.768. The molecule has 140 valence electrons. The van der Waals surface area contributed by atoms with Crippen LogP contribution in [-0.4, -0.2) is 56.0 Å². The maximum Gasteiger partial charge on any atom is 0.251 e. The molecule has 1 aromatic carbocycles. The lowest BCUT2D eigenvalue weighted by Gasteiger charge is -2.33. The summed E-state index contributed by atoms with van der Waals surface area (Å²) in [6.45, 7) is 1.15. The molecule has 2 aliphatic rings. The second-order valence-corrected chi connectivity index (χ2v) is 6.54. The van der Waals surface area contributed by atoms with Crippen molar-refractivity contribution in [2.75, 3.05) is 32.2 Å². The van der Waals surface area contributed by atoms with Gasteiger partial charge in [-0.2, -0.15) is 0 Å². The van der Waals surface area contributed by atoms with Crippen molar-refractivity contribution in [1.82, 2.24) is 4.90 Å². The van der Waals surface area contributed by atoms with Crippen molar-refractivity contribution < 1.29 is 23.9 Å². The summed E-state index contributed by atoms with van der Waals surface area (Å²) >= 11 is 0. The number of primary amides is 1. The van der Waals surface area contributed by atoms with E-state index in [0.717, 1.165) is 0 Å². The Morgan fingerprint density at radius 2 is 1.85 bits per heavy atom. The molecule has 2 N–H and O–H groups in total. The van der Waals surface area contributed by atoms with Crippen LogP contribution in [0.25, 0.3) is 0 Å². The minimum Gasteiger partial charge on any atom is -0.497 e. The topological polar surface area (TPSA) is 102 Å². The predicted octanol–water partition coefficient (Wildman–Crippen LogP) is 0.533. The van der Waals surface area contributed by atoms with E-state index in [9.17, 15) is 14.4 Å². The molecule has 0 bridgehead atoms. The van der Waals surface area contributed by atoms with Crippen LogP contribution in [0.5, 0.6) is 11.5 Å². The molecule has 0 aromatic heterocycles. The van der Waals surface area contributed by atoms with Gasteiger partial charge in [0.1, 0.15) is 11.5 Å². The largest absolute Gasteiger partial charge is 0.497 e. The fraction of sp³-hybridized carbons (Fsp3) is 0.500. The van der Waals surface area contributed by atoms with E-state index in [1.807, 2.05) is 4.90 Å². The van der Waals surface area contributed by atoms with Crippen molar-refractivity contribution >= 4 is 23.4 Å². The number of amides is 3. The van der Waals surface area contributed by atoms with Crippen molar-refractivity contribution in [3.05, 3.63) is 18.2 Å². The number of carbonyl (C=O) groups excluding carboxylic acids is 3. The third kappa shape index (κ3) is 3.24. The SMILES string of the molecule is COc1ccc(N2C(=O)C[C@H](N3CCC(C(N)=O)CC3)C2=O)c(OC)c1. The van der Waals surface area contributed by atoms with Gasteiger partial charge < -0.3 is 15.2 Å². The molecule has 2 aliphatic heterocycles. The van der Waals surface area contributed by atoms with Gasteiger partial charge in [-0.1, -0.05) is 0 Å². The van der Waals surface area contributed by atoms with Gasteiger partial charge in [-0.25, -0.2) is 4.90 Å². The molecule has 0 spiro atoms. The number of hydrogen-bond donors (Lipinski definition) is 1. The Bertz CT molecular complexity index is 728. The number of anilines is 1. The lowest BCUT2D eigenvalue weighted by Crippen LogP contribution is -2.47. The number of nitrogens with zero attached hydrogens (tertiary/aromatic N) is 2. The molecule has 8 nitrogen and oxygen atoms in total. The number of nitrogens with two attached hydrogens (primary N) is 1. The van der Waals surface area contributed by atoms with Crippen LogP contribution in [0.15, 0.2) is 18.2 Å². The minimum atomic E-state index is -0.511. The first-order valence-electron chi connectivity index (χ1n) is 8.58. The number of carbonyl (C=O) groups is 3. The molecule has 8 heteroatoms. The third-order valence-corrected chi connectivity index (χ3v) is 5.12. The summed E-state index contributed by atoms with van der Waals surface area (Å²) in [6, 6.07) is 4.46. The number of imide groups is 1. The maximum absolute atomic E-state index is 12.9. The fourth-order valence-corrected chi connectivity index (χ4v) is 3.62. The van der Waals surface area contributed by atoms with E-state index in [4.69, 9.17) is 15.2 Å². The molecule has 3 amide bonds. The van der Waals surface area contributed by atoms with Crippen LogP contribution >= 0.6 is 0 Å². The van der Waals surface area contributed by atoms with Crippen LogP contribution < -0.4 is 20.1 Å². The van der Waals surface area contributed by atoms with Crippen LogP contribution in [-0.2, 0) is 14.4 Å². The Morgan fingerprint density at radius 3 is 2.42 bits per heavy atom. The molecule has 3 rings (SSSR count). The molecule has 0 unspecified atom stereocenters. The van der Waals surface area contributed by atoms with Gasteiger partial charge in [0.2, 0.25) is 11.8 Å². The zero-order valence-electron chi connectivity index (χ0n) is 14.9. The lowest BCUT2D eigenvalue weighted by molar-refractivity contribution is -0.124. The van der Waals surface area contributed by atoms with Gasteiger partial charge in [0.15, 0.2) is 0 Å². The summed E-state index contributed by atoms with van der Waals surface area (Å²) in [4.78, 5) is 39.9. The molecular weight excluding hydrogens is 338 g/mol. The van der Waals surface area contributed by atoms with Crippen LogP contribution in [0.4, 0.5) is 5.69 Å². The van der Waals surface area contributed by atoms with E-state index in [1.54, 1.807) is 18.2 Å². The maximum atomic E-state index is 12.9. The summed E-state index contributed by atoms with van der Waals surface area (Å²) in [5.41, 5.74) is 5.77. The van der Waals surface area contributed by atoms with Crippen molar-refractivity contribution in [3.8, 4) is 11.5 Å². The van der Waals surface area contributed by atoms with Crippen LogP contribution in [0.3, 0.4) is 0 Å². The first kappa shape index (κ1) is 18.2. The Labute approximate surface area is 151 Å². The van der Waals surface area contributed by atoms with Crippen LogP contribution in [0, 0.1) is 5.92 Å². The summed E-state index contributed by atoms with van der Waals surface area (Å²) in [7, 11) is 3.02. The number of benzene rings is 1. The molecule has 1 aromatic rings. The van der Waals surface area contributed by atoms with Crippen molar-refractivity contribution in [2.45, 2.75) is 25.3 Å². The molecule has 26 heavy (non-hydrogen) atoms. The molecule has 0 radical (unpaired) electrons. The monoisotopic (exact) mass is 361 g/mol. The van der Waals surface area contributed by atoms with E-state index in [-0.39, 0.29) is 30.1 Å². The highest BCUT2D eigenvalue weighted by molar-refractivity contribution is 6.23. The third-order valence-electron chi connectivity index (χ3n) is 5.12. The Morgan fingerprint density at radius 1 is 1.15 bits per heavy atom. The minimum absolute atomic E-state index is 0.120. The number of hydrogen-bond acceptors (Lipinski definition) is 6. The highest BCUT2D eigenvalue weighted by atomic mass is 16.5. The van der Waals surface area contributed by atoms with Gasteiger partial charge >= 0.3 is 0 Å². The number of piperidine rings is 1. The molecule has 2 fully saturated rings. The van der Waals surface area contributed by atoms with Gasteiger partial charge in [-0.15, -0.1) is 0 Å². The smallest absolute Gasteiger partial charge is 0.251 e. The summed E-state index contributed by atoms with van der Waals surface area (Å²) in [6.07, 6.45) is 1.34. The molecule has 1 atom stereocenters. The van der Waals surface area contributed by atoms with E-state index in [1.165, 1.54) is 19.1 Å². The molecule has 2 heterocycles. The number of methoxy groups -OCH3 is 2. The van der Waals surface area contributed by atoms with Gasteiger partial charge in [0.05, 0.1) is 32.4 Å². The zero-order chi connectivity index (χ0) is 18.8. The van der Waals surface area contributed by atoms with Gasteiger partial charge in [-0.3, -0.25) is 19.3 Å².